The highest BCUT2D eigenvalue weighted by Crippen LogP contribution is 2.43. The van der Waals surface area contributed by atoms with Gasteiger partial charge in [0.1, 0.15) is 0 Å². The Kier molecular flexibility index (Phi) is 38.1. The van der Waals surface area contributed by atoms with E-state index >= 15 is 0 Å². The van der Waals surface area contributed by atoms with Crippen molar-refractivity contribution in [3.8, 4) is 0 Å². The number of carbonyl (C=O) groups excluding carboxylic acids is 1. The summed E-state index contributed by atoms with van der Waals surface area (Å²) in [6, 6.07) is -0.881. The maximum atomic E-state index is 12.7. The first-order valence-electron chi connectivity index (χ1n) is 21.1. The third-order valence-corrected chi connectivity index (χ3v) is 9.77. The molecule has 9 heteroatoms. The quantitative estimate of drug-likeness (QED) is 0.0280. The van der Waals surface area contributed by atoms with Crippen LogP contribution in [0.25, 0.3) is 0 Å². The lowest BCUT2D eigenvalue weighted by Crippen LogP contribution is -2.45. The molecule has 0 aliphatic rings. The van der Waals surface area contributed by atoms with Gasteiger partial charge in [-0.05, 0) is 64.2 Å². The molecule has 0 bridgehead atoms. The van der Waals surface area contributed by atoms with Crippen LogP contribution >= 0.6 is 7.82 Å². The number of amides is 1. The van der Waals surface area contributed by atoms with Crippen molar-refractivity contribution in [3.05, 3.63) is 72.9 Å². The number of aliphatic hydroxyl groups excluding tert-OH is 1. The minimum absolute atomic E-state index is 0.0692. The lowest BCUT2D eigenvalue weighted by Gasteiger charge is -2.23. The number of phosphoric acid groups is 1. The van der Waals surface area contributed by atoms with Gasteiger partial charge < -0.3 is 21.1 Å². The van der Waals surface area contributed by atoms with Crippen molar-refractivity contribution in [3.63, 3.8) is 0 Å². The van der Waals surface area contributed by atoms with Gasteiger partial charge in [-0.2, -0.15) is 0 Å². The van der Waals surface area contributed by atoms with E-state index in [1.807, 2.05) is 6.08 Å². The van der Waals surface area contributed by atoms with E-state index in [1.54, 1.807) is 6.08 Å². The Bertz CT molecular complexity index is 1050. The second kappa shape index (κ2) is 39.6. The van der Waals surface area contributed by atoms with Crippen molar-refractivity contribution >= 4 is 13.7 Å². The summed E-state index contributed by atoms with van der Waals surface area (Å²) >= 11 is 0. The Hall–Kier alpha value is -2.06. The Balaban J connectivity index is 4.34. The number of carbonyl (C=O) groups is 1. The smallest absolute Gasteiger partial charge is 0.387 e. The summed E-state index contributed by atoms with van der Waals surface area (Å²) in [5.74, 6) is -0.229. The molecule has 0 fully saturated rings. The fourth-order valence-corrected chi connectivity index (χ4v) is 6.39. The van der Waals surface area contributed by atoms with Gasteiger partial charge in [0.05, 0.1) is 25.4 Å². The van der Waals surface area contributed by atoms with Crippen LogP contribution in [0.3, 0.4) is 0 Å². The van der Waals surface area contributed by atoms with Crippen LogP contribution in [0.4, 0.5) is 0 Å². The van der Waals surface area contributed by atoms with Crippen molar-refractivity contribution in [2.75, 3.05) is 19.8 Å². The molecule has 0 rings (SSSR count). The largest absolute Gasteiger partial charge is 0.472 e. The SMILES string of the molecule is CC/C=C\C/C=C\C/C=C\C/C=C\C/C=C\CCCCCC(=O)NC(COP(=O)(O)OCCN)C(O)/C=C/CCCCCCCCCCCCCCC. The average molecular weight is 763 g/mol. The number of nitrogens with one attached hydrogen (secondary N) is 1. The second-order valence-corrected chi connectivity index (χ2v) is 15.3. The summed E-state index contributed by atoms with van der Waals surface area (Å²) in [5.41, 5.74) is 5.37. The number of rotatable bonds is 38. The lowest BCUT2D eigenvalue weighted by atomic mass is 10.0. The van der Waals surface area contributed by atoms with Gasteiger partial charge in [-0.15, -0.1) is 0 Å². The fourth-order valence-electron chi connectivity index (χ4n) is 5.63. The molecule has 306 valence electrons. The van der Waals surface area contributed by atoms with Crippen LogP contribution in [0.1, 0.15) is 168 Å². The second-order valence-electron chi connectivity index (χ2n) is 13.8. The van der Waals surface area contributed by atoms with E-state index in [0.29, 0.717) is 12.8 Å². The topological polar surface area (TPSA) is 131 Å². The zero-order chi connectivity index (χ0) is 38.9. The highest BCUT2D eigenvalue weighted by molar-refractivity contribution is 7.47. The molecule has 0 saturated carbocycles. The van der Waals surface area contributed by atoms with Crippen LogP contribution in [-0.2, 0) is 18.4 Å². The van der Waals surface area contributed by atoms with Crippen LogP contribution in [0, 0.1) is 0 Å². The summed E-state index contributed by atoms with van der Waals surface area (Å²) in [4.78, 5) is 22.7. The molecule has 53 heavy (non-hydrogen) atoms. The summed E-state index contributed by atoms with van der Waals surface area (Å²) in [7, 11) is -4.35. The Morgan fingerprint density at radius 1 is 0.642 bits per heavy atom. The van der Waals surface area contributed by atoms with E-state index in [2.05, 4.69) is 79.9 Å². The molecule has 0 saturated heterocycles. The Morgan fingerprint density at radius 2 is 1.09 bits per heavy atom. The first-order chi connectivity index (χ1) is 25.9. The van der Waals surface area contributed by atoms with Gasteiger partial charge in [-0.3, -0.25) is 13.8 Å². The minimum Gasteiger partial charge on any atom is -0.387 e. The first-order valence-corrected chi connectivity index (χ1v) is 22.6. The molecular weight excluding hydrogens is 683 g/mol. The summed E-state index contributed by atoms with van der Waals surface area (Å²) in [6.45, 7) is 3.98. The Labute approximate surface area is 325 Å². The molecule has 3 atom stereocenters. The average Bonchev–Trinajstić information content (AvgIpc) is 3.14. The number of unbranched alkanes of at least 4 members (excludes halogenated alkanes) is 16. The van der Waals surface area contributed by atoms with Gasteiger partial charge in [0.25, 0.3) is 0 Å². The van der Waals surface area contributed by atoms with E-state index < -0.39 is 20.0 Å². The van der Waals surface area contributed by atoms with Gasteiger partial charge in [0, 0.05) is 13.0 Å². The molecule has 0 aromatic carbocycles. The normalized spacial score (nSPS) is 14.9. The molecule has 0 spiro atoms. The molecule has 0 aromatic heterocycles. The fraction of sp³-hybridized carbons (Fsp3) is 0.705. The van der Waals surface area contributed by atoms with Crippen LogP contribution in [-0.4, -0.2) is 47.8 Å². The number of nitrogens with two attached hydrogens (primary N) is 1. The van der Waals surface area contributed by atoms with Crippen molar-refractivity contribution in [2.45, 2.75) is 180 Å². The zero-order valence-electron chi connectivity index (χ0n) is 33.7. The molecule has 5 N–H and O–H groups in total. The number of hydrogen-bond donors (Lipinski definition) is 4. The highest BCUT2D eigenvalue weighted by Gasteiger charge is 2.26. The van der Waals surface area contributed by atoms with Crippen LogP contribution < -0.4 is 11.1 Å². The first kappa shape index (κ1) is 50.9. The van der Waals surface area contributed by atoms with Crippen molar-refractivity contribution in [2.24, 2.45) is 5.73 Å². The van der Waals surface area contributed by atoms with Crippen LogP contribution in [0.2, 0.25) is 0 Å². The summed E-state index contributed by atoms with van der Waals surface area (Å²) in [5, 5.41) is 13.6. The monoisotopic (exact) mass is 763 g/mol. The molecule has 0 radical (unpaired) electrons. The standard InChI is InChI=1S/C44H79N2O6P/c1-3-5-7-9-11-13-15-17-19-20-21-22-24-26-28-30-32-34-36-38-44(48)46-42(41-52-53(49,50)51-40-39-45)43(47)37-35-33-31-29-27-25-23-18-16-14-12-10-8-6-4-2/h5,7,11,13,17,19,21-22,26,28,35,37,42-43,47H,3-4,6,8-10,12,14-16,18,20,23-25,27,29-34,36,38-41,45H2,1-2H3,(H,46,48)(H,49,50)/b7-5-,13-11-,19-17-,22-21-,28-26-,37-35+. The third kappa shape index (κ3) is 38.0. The number of phosphoric ester groups is 1. The van der Waals surface area contributed by atoms with Crippen molar-refractivity contribution in [1.29, 1.82) is 0 Å². The summed E-state index contributed by atoms with van der Waals surface area (Å²) in [6.07, 6.45) is 50.9. The number of aliphatic hydroxyl groups is 1. The van der Waals surface area contributed by atoms with Crippen molar-refractivity contribution < 1.29 is 28.4 Å². The van der Waals surface area contributed by atoms with Gasteiger partial charge in [0.2, 0.25) is 5.91 Å². The molecule has 0 aromatic rings. The lowest BCUT2D eigenvalue weighted by molar-refractivity contribution is -0.123. The van der Waals surface area contributed by atoms with Crippen molar-refractivity contribution in [1.82, 2.24) is 5.32 Å². The predicted molar refractivity (Wildman–Crippen MR) is 226 cm³/mol. The molecule has 0 aliphatic heterocycles. The number of allylic oxidation sites excluding steroid dienone is 11. The Morgan fingerprint density at radius 3 is 1.60 bits per heavy atom. The molecule has 0 aliphatic carbocycles. The third-order valence-electron chi connectivity index (χ3n) is 8.79. The molecule has 8 nitrogen and oxygen atoms in total. The molecule has 1 amide bonds. The molecule has 0 heterocycles. The van der Waals surface area contributed by atoms with E-state index in [4.69, 9.17) is 14.8 Å². The summed E-state index contributed by atoms with van der Waals surface area (Å²) < 4.78 is 22.1. The van der Waals surface area contributed by atoms with Gasteiger partial charge >= 0.3 is 7.82 Å². The van der Waals surface area contributed by atoms with Gasteiger partial charge in [-0.1, -0.05) is 170 Å². The van der Waals surface area contributed by atoms with E-state index in [0.717, 1.165) is 70.6 Å². The zero-order valence-corrected chi connectivity index (χ0v) is 34.6. The maximum Gasteiger partial charge on any atom is 0.472 e. The number of hydrogen-bond acceptors (Lipinski definition) is 6. The highest BCUT2D eigenvalue weighted by atomic mass is 31.2. The predicted octanol–water partition coefficient (Wildman–Crippen LogP) is 11.7. The van der Waals surface area contributed by atoms with Crippen LogP contribution in [0.5, 0.6) is 0 Å². The molecular formula is C44H79N2O6P. The van der Waals surface area contributed by atoms with E-state index in [9.17, 15) is 19.4 Å². The van der Waals surface area contributed by atoms with E-state index in [-0.39, 0.29) is 25.7 Å². The maximum absolute atomic E-state index is 12.7. The molecule has 3 unspecified atom stereocenters. The van der Waals surface area contributed by atoms with Gasteiger partial charge in [-0.25, -0.2) is 4.57 Å². The van der Waals surface area contributed by atoms with E-state index in [1.165, 1.54) is 70.6 Å². The van der Waals surface area contributed by atoms with Gasteiger partial charge in [0.15, 0.2) is 0 Å². The van der Waals surface area contributed by atoms with Crippen LogP contribution in [0.15, 0.2) is 72.9 Å². The minimum atomic E-state index is -4.35.